The highest BCUT2D eigenvalue weighted by atomic mass is 32.2. The highest BCUT2D eigenvalue weighted by molar-refractivity contribution is 7.92. The fourth-order valence-corrected chi connectivity index (χ4v) is 4.28. The van der Waals surface area contributed by atoms with Crippen LogP contribution < -0.4 is 9.62 Å². The van der Waals surface area contributed by atoms with Gasteiger partial charge in [0.25, 0.3) is 0 Å². The second-order valence-corrected chi connectivity index (χ2v) is 10.1. The second-order valence-electron chi connectivity index (χ2n) is 8.29. The molecule has 29 heavy (non-hydrogen) atoms. The molecule has 2 aromatic rings. The van der Waals surface area contributed by atoms with E-state index in [0.717, 1.165) is 22.2 Å². The van der Waals surface area contributed by atoms with E-state index in [1.54, 1.807) is 0 Å². The van der Waals surface area contributed by atoms with Crippen LogP contribution in [-0.2, 0) is 20.2 Å². The van der Waals surface area contributed by atoms with Gasteiger partial charge in [0.15, 0.2) is 0 Å². The normalized spacial score (nSPS) is 14.2. The van der Waals surface area contributed by atoms with Crippen molar-refractivity contribution in [2.45, 2.75) is 52.1 Å². The van der Waals surface area contributed by atoms with Gasteiger partial charge in [-0.3, -0.25) is 9.10 Å². The van der Waals surface area contributed by atoms with E-state index >= 15 is 0 Å². The number of halogens is 1. The number of hydrogen-bond donors (Lipinski definition) is 1. The van der Waals surface area contributed by atoms with Gasteiger partial charge in [0.1, 0.15) is 11.9 Å². The van der Waals surface area contributed by atoms with Gasteiger partial charge < -0.3 is 5.32 Å². The summed E-state index contributed by atoms with van der Waals surface area (Å²) in [5.74, 6) is -1.21. The lowest BCUT2D eigenvalue weighted by molar-refractivity contribution is -0.122. The Bertz CT molecular complexity index is 966. The molecule has 0 unspecified atom stereocenters. The molecule has 7 heteroatoms. The van der Waals surface area contributed by atoms with E-state index in [9.17, 15) is 17.6 Å². The molecule has 0 saturated carbocycles. The minimum Gasteiger partial charge on any atom is -0.348 e. The molecule has 2 rings (SSSR count). The molecule has 2 atom stereocenters. The Morgan fingerprint density at radius 2 is 1.59 bits per heavy atom. The summed E-state index contributed by atoms with van der Waals surface area (Å²) in [4.78, 5) is 12.8. The van der Waals surface area contributed by atoms with Gasteiger partial charge in [-0.2, -0.15) is 0 Å². The lowest BCUT2D eigenvalue weighted by Crippen LogP contribution is -2.48. The molecule has 2 aromatic carbocycles. The highest BCUT2D eigenvalue weighted by Crippen LogP contribution is 2.26. The van der Waals surface area contributed by atoms with Crippen LogP contribution in [0.3, 0.4) is 0 Å². The number of anilines is 1. The zero-order valence-corrected chi connectivity index (χ0v) is 18.5. The zero-order valence-electron chi connectivity index (χ0n) is 17.7. The van der Waals surface area contributed by atoms with Crippen LogP contribution in [0.4, 0.5) is 10.1 Å². The maximum atomic E-state index is 14.2. The van der Waals surface area contributed by atoms with Gasteiger partial charge in [0, 0.05) is 0 Å². The van der Waals surface area contributed by atoms with Crippen LogP contribution >= 0.6 is 0 Å². The number of sulfonamides is 1. The number of nitrogens with zero attached hydrogens (tertiary/aromatic N) is 1. The van der Waals surface area contributed by atoms with E-state index in [1.807, 2.05) is 31.2 Å². The van der Waals surface area contributed by atoms with Crippen LogP contribution in [0.25, 0.3) is 0 Å². The number of carbonyl (C=O) groups excluding carboxylic acids is 1. The lowest BCUT2D eigenvalue weighted by atomic mass is 9.86. The zero-order chi connectivity index (χ0) is 22.0. The van der Waals surface area contributed by atoms with E-state index in [-0.39, 0.29) is 17.1 Å². The number of hydrogen-bond acceptors (Lipinski definition) is 3. The summed E-state index contributed by atoms with van der Waals surface area (Å²) in [6.45, 7) is 9.63. The molecular formula is C22H29FN2O3S. The first kappa shape index (κ1) is 22.9. The summed E-state index contributed by atoms with van der Waals surface area (Å²) in [6.07, 6.45) is 0.956. The summed E-state index contributed by atoms with van der Waals surface area (Å²) in [7, 11) is -3.87. The first-order chi connectivity index (χ1) is 13.3. The van der Waals surface area contributed by atoms with Crippen molar-refractivity contribution >= 4 is 21.6 Å². The van der Waals surface area contributed by atoms with Crippen LogP contribution in [0.1, 0.15) is 51.8 Å². The molecule has 158 valence electrons. The van der Waals surface area contributed by atoms with Crippen LogP contribution in [0.2, 0.25) is 0 Å². The van der Waals surface area contributed by atoms with Crippen LogP contribution in [0.5, 0.6) is 0 Å². The fourth-order valence-electron chi connectivity index (χ4n) is 3.10. The summed E-state index contributed by atoms with van der Waals surface area (Å²) in [6, 6.07) is 12.0. The molecule has 0 spiro atoms. The molecule has 0 saturated heterocycles. The minimum atomic E-state index is -3.87. The van der Waals surface area contributed by atoms with Crippen LogP contribution in [0.15, 0.2) is 48.5 Å². The summed E-state index contributed by atoms with van der Waals surface area (Å²) in [5.41, 5.74) is 1.95. The predicted octanol–water partition coefficient (Wildman–Crippen LogP) is 4.16. The van der Waals surface area contributed by atoms with Gasteiger partial charge in [-0.15, -0.1) is 0 Å². The van der Waals surface area contributed by atoms with E-state index in [4.69, 9.17) is 0 Å². The third kappa shape index (κ3) is 5.56. The van der Waals surface area contributed by atoms with Crippen molar-refractivity contribution in [2.75, 3.05) is 10.6 Å². The van der Waals surface area contributed by atoms with Crippen molar-refractivity contribution in [2.24, 2.45) is 0 Å². The Hall–Kier alpha value is -2.41. The molecular weight excluding hydrogens is 391 g/mol. The quantitative estimate of drug-likeness (QED) is 0.763. The number of benzene rings is 2. The van der Waals surface area contributed by atoms with Gasteiger partial charge in [0.2, 0.25) is 15.9 Å². The number of nitrogens with one attached hydrogen (secondary N) is 1. The van der Waals surface area contributed by atoms with Crippen molar-refractivity contribution in [3.05, 3.63) is 65.5 Å². The maximum Gasteiger partial charge on any atom is 0.244 e. The first-order valence-corrected chi connectivity index (χ1v) is 11.3. The molecule has 1 amide bonds. The van der Waals surface area contributed by atoms with E-state index in [1.165, 1.54) is 30.7 Å². The van der Waals surface area contributed by atoms with Gasteiger partial charge in [-0.1, -0.05) is 57.2 Å². The standard InChI is InChI=1S/C22H29FN2O3S/c1-15(17-11-13-18(14-12-17)22(3,4)5)24-21(26)16(2)25(29(6,27)28)20-10-8-7-9-19(20)23/h7-16H,1-6H3,(H,24,26)/t15-,16-/m1/s1. The third-order valence-electron chi connectivity index (χ3n) is 4.81. The second kappa shape index (κ2) is 8.53. The van der Waals surface area contributed by atoms with E-state index in [2.05, 4.69) is 26.1 Å². The van der Waals surface area contributed by atoms with Gasteiger partial charge >= 0.3 is 0 Å². The average molecular weight is 421 g/mol. The Morgan fingerprint density at radius 1 is 1.03 bits per heavy atom. The fraction of sp³-hybridized carbons (Fsp3) is 0.409. The summed E-state index contributed by atoms with van der Waals surface area (Å²) < 4.78 is 39.6. The largest absolute Gasteiger partial charge is 0.348 e. The topological polar surface area (TPSA) is 66.5 Å². The van der Waals surface area contributed by atoms with Crippen molar-refractivity contribution in [1.29, 1.82) is 0 Å². The first-order valence-electron chi connectivity index (χ1n) is 9.47. The lowest BCUT2D eigenvalue weighted by Gasteiger charge is -2.29. The van der Waals surface area contributed by atoms with Gasteiger partial charge in [-0.25, -0.2) is 12.8 Å². The molecule has 0 bridgehead atoms. The Kier molecular flexibility index (Phi) is 6.73. The van der Waals surface area contributed by atoms with Crippen molar-refractivity contribution < 1.29 is 17.6 Å². The Balaban J connectivity index is 2.22. The highest BCUT2D eigenvalue weighted by Gasteiger charge is 2.31. The van der Waals surface area contributed by atoms with E-state index < -0.39 is 27.8 Å². The smallest absolute Gasteiger partial charge is 0.244 e. The number of carbonyl (C=O) groups is 1. The molecule has 0 aliphatic carbocycles. The molecule has 0 aliphatic heterocycles. The van der Waals surface area contributed by atoms with Crippen molar-refractivity contribution in [1.82, 2.24) is 5.32 Å². The predicted molar refractivity (Wildman–Crippen MR) is 115 cm³/mol. The molecule has 0 heterocycles. The average Bonchev–Trinajstić information content (AvgIpc) is 2.61. The minimum absolute atomic E-state index is 0.0231. The summed E-state index contributed by atoms with van der Waals surface area (Å²) in [5, 5.41) is 2.83. The number of amides is 1. The van der Waals surface area contributed by atoms with Crippen LogP contribution in [0, 0.1) is 5.82 Å². The van der Waals surface area contributed by atoms with Crippen molar-refractivity contribution in [3.8, 4) is 0 Å². The number of para-hydroxylation sites is 1. The molecule has 5 nitrogen and oxygen atoms in total. The Morgan fingerprint density at radius 3 is 2.07 bits per heavy atom. The van der Waals surface area contributed by atoms with Gasteiger partial charge in [0.05, 0.1) is 18.0 Å². The molecule has 0 aromatic heterocycles. The molecule has 0 radical (unpaired) electrons. The molecule has 0 fully saturated rings. The Labute approximate surface area is 173 Å². The summed E-state index contributed by atoms with van der Waals surface area (Å²) >= 11 is 0. The third-order valence-corrected chi connectivity index (χ3v) is 6.04. The van der Waals surface area contributed by atoms with Gasteiger partial charge in [-0.05, 0) is 42.5 Å². The SMILES string of the molecule is C[C@H](C(=O)N[C@H](C)c1ccc(C(C)(C)C)cc1)N(c1ccccc1F)S(C)(=O)=O. The maximum absolute atomic E-state index is 14.2. The van der Waals surface area contributed by atoms with Crippen LogP contribution in [-0.4, -0.2) is 26.6 Å². The van der Waals surface area contributed by atoms with E-state index in [0.29, 0.717) is 0 Å². The molecule has 0 aliphatic rings. The molecule has 1 N–H and O–H groups in total. The monoisotopic (exact) mass is 420 g/mol. The number of rotatable bonds is 6. The van der Waals surface area contributed by atoms with Crippen molar-refractivity contribution in [3.63, 3.8) is 0 Å².